The summed E-state index contributed by atoms with van der Waals surface area (Å²) in [7, 11) is 0. The van der Waals surface area contributed by atoms with Gasteiger partial charge in [-0.05, 0) is 31.5 Å². The molecule has 0 aliphatic heterocycles. The summed E-state index contributed by atoms with van der Waals surface area (Å²) < 4.78 is 1.83. The van der Waals surface area contributed by atoms with E-state index >= 15 is 0 Å². The van der Waals surface area contributed by atoms with Crippen molar-refractivity contribution < 1.29 is 4.79 Å². The number of nitrogens with zero attached hydrogens (tertiary/aromatic N) is 2. The van der Waals surface area contributed by atoms with Crippen molar-refractivity contribution in [3.8, 4) is 5.69 Å². The standard InChI is InChI=1S/C13H14N2O/c1-11(16)7-8-12-9-10-15(14-12)13-5-3-2-4-6-13/h2-6,9-10H,7-8H2,1H3. The lowest BCUT2D eigenvalue weighted by molar-refractivity contribution is -0.116. The fourth-order valence-electron chi connectivity index (χ4n) is 1.52. The van der Waals surface area contributed by atoms with E-state index in [0.717, 1.165) is 17.8 Å². The number of benzene rings is 1. The van der Waals surface area contributed by atoms with Gasteiger partial charge in [0.15, 0.2) is 0 Å². The molecule has 3 nitrogen and oxygen atoms in total. The van der Waals surface area contributed by atoms with Crippen molar-refractivity contribution in [1.82, 2.24) is 9.78 Å². The fourth-order valence-corrected chi connectivity index (χ4v) is 1.52. The Morgan fingerprint density at radius 3 is 2.69 bits per heavy atom. The fraction of sp³-hybridized carbons (Fsp3) is 0.231. The smallest absolute Gasteiger partial charge is 0.130 e. The van der Waals surface area contributed by atoms with E-state index in [1.54, 1.807) is 6.92 Å². The van der Waals surface area contributed by atoms with Crippen molar-refractivity contribution in [3.63, 3.8) is 0 Å². The normalized spacial score (nSPS) is 10.3. The lowest BCUT2D eigenvalue weighted by atomic mass is 10.2. The summed E-state index contributed by atoms with van der Waals surface area (Å²) in [5.74, 6) is 0.203. The van der Waals surface area contributed by atoms with Crippen LogP contribution < -0.4 is 0 Å². The number of hydrogen-bond donors (Lipinski definition) is 0. The zero-order chi connectivity index (χ0) is 11.4. The number of ketones is 1. The van der Waals surface area contributed by atoms with Crippen LogP contribution in [-0.4, -0.2) is 15.6 Å². The first kappa shape index (κ1) is 10.6. The van der Waals surface area contributed by atoms with Crippen LogP contribution in [0.5, 0.6) is 0 Å². The summed E-state index contributed by atoms with van der Waals surface area (Å²) in [6, 6.07) is 11.9. The van der Waals surface area contributed by atoms with E-state index in [1.165, 1.54) is 0 Å². The summed E-state index contributed by atoms with van der Waals surface area (Å²) in [4.78, 5) is 10.9. The molecule has 16 heavy (non-hydrogen) atoms. The number of aryl methyl sites for hydroxylation is 1. The van der Waals surface area contributed by atoms with Crippen LogP contribution in [0.2, 0.25) is 0 Å². The maximum atomic E-state index is 10.9. The van der Waals surface area contributed by atoms with E-state index in [-0.39, 0.29) is 5.78 Å². The van der Waals surface area contributed by atoms with E-state index < -0.39 is 0 Å². The molecule has 0 amide bonds. The topological polar surface area (TPSA) is 34.9 Å². The Balaban J connectivity index is 2.11. The van der Waals surface area contributed by atoms with Gasteiger partial charge < -0.3 is 4.79 Å². The molecule has 0 aliphatic carbocycles. The molecule has 0 radical (unpaired) electrons. The first-order valence-corrected chi connectivity index (χ1v) is 5.35. The van der Waals surface area contributed by atoms with Gasteiger partial charge in [-0.3, -0.25) is 0 Å². The number of Topliss-reactive ketones (excluding diaryl/α,β-unsaturated/α-hetero) is 1. The third-order valence-electron chi connectivity index (χ3n) is 2.40. The van der Waals surface area contributed by atoms with Gasteiger partial charge in [-0.15, -0.1) is 0 Å². The maximum absolute atomic E-state index is 10.9. The molecule has 1 heterocycles. The van der Waals surface area contributed by atoms with Crippen molar-refractivity contribution >= 4 is 5.78 Å². The third-order valence-corrected chi connectivity index (χ3v) is 2.40. The second kappa shape index (κ2) is 4.75. The highest BCUT2D eigenvalue weighted by molar-refractivity contribution is 5.75. The Bertz CT molecular complexity index is 474. The minimum atomic E-state index is 0.203. The summed E-state index contributed by atoms with van der Waals surface area (Å²) in [5, 5.41) is 4.42. The molecule has 2 aromatic rings. The summed E-state index contributed by atoms with van der Waals surface area (Å²) in [5.41, 5.74) is 2.00. The van der Waals surface area contributed by atoms with Gasteiger partial charge in [-0.1, -0.05) is 18.2 Å². The number of carbonyl (C=O) groups is 1. The predicted molar refractivity (Wildman–Crippen MR) is 62.6 cm³/mol. The number of rotatable bonds is 4. The number of hydrogen-bond acceptors (Lipinski definition) is 2. The van der Waals surface area contributed by atoms with Crippen LogP contribution in [0.1, 0.15) is 19.0 Å². The van der Waals surface area contributed by atoms with Crippen molar-refractivity contribution in [1.29, 1.82) is 0 Å². The lowest BCUT2D eigenvalue weighted by Crippen LogP contribution is -1.98. The van der Waals surface area contributed by atoms with Gasteiger partial charge in [0, 0.05) is 12.6 Å². The number of aromatic nitrogens is 2. The molecule has 1 aromatic carbocycles. The van der Waals surface area contributed by atoms with Crippen LogP contribution in [0, 0.1) is 0 Å². The molecule has 0 saturated heterocycles. The molecule has 0 bridgehead atoms. The molecule has 0 atom stereocenters. The Morgan fingerprint density at radius 2 is 2.00 bits per heavy atom. The summed E-state index contributed by atoms with van der Waals surface area (Å²) in [6.07, 6.45) is 3.20. The summed E-state index contributed by atoms with van der Waals surface area (Å²) in [6.45, 7) is 1.61. The van der Waals surface area contributed by atoms with E-state index in [2.05, 4.69) is 5.10 Å². The SMILES string of the molecule is CC(=O)CCc1ccn(-c2ccccc2)n1. The minimum Gasteiger partial charge on any atom is -0.300 e. The van der Waals surface area contributed by atoms with Gasteiger partial charge in [0.05, 0.1) is 11.4 Å². The van der Waals surface area contributed by atoms with Crippen LogP contribution >= 0.6 is 0 Å². The van der Waals surface area contributed by atoms with Crippen LogP contribution in [0.3, 0.4) is 0 Å². The van der Waals surface area contributed by atoms with E-state index in [9.17, 15) is 4.79 Å². The molecule has 2 rings (SSSR count). The van der Waals surface area contributed by atoms with E-state index in [4.69, 9.17) is 0 Å². The van der Waals surface area contributed by atoms with Gasteiger partial charge in [0.2, 0.25) is 0 Å². The molecular weight excluding hydrogens is 200 g/mol. The van der Waals surface area contributed by atoms with Crippen molar-refractivity contribution in [2.75, 3.05) is 0 Å². The number of para-hydroxylation sites is 1. The summed E-state index contributed by atoms with van der Waals surface area (Å²) >= 11 is 0. The van der Waals surface area contributed by atoms with Crippen LogP contribution in [-0.2, 0) is 11.2 Å². The van der Waals surface area contributed by atoms with Crippen LogP contribution in [0.15, 0.2) is 42.6 Å². The molecule has 0 unspecified atom stereocenters. The maximum Gasteiger partial charge on any atom is 0.130 e. The largest absolute Gasteiger partial charge is 0.300 e. The quantitative estimate of drug-likeness (QED) is 0.783. The molecule has 0 fully saturated rings. The van der Waals surface area contributed by atoms with Crippen molar-refractivity contribution in [3.05, 3.63) is 48.3 Å². The Hall–Kier alpha value is -1.90. The van der Waals surface area contributed by atoms with Gasteiger partial charge in [0.1, 0.15) is 5.78 Å². The van der Waals surface area contributed by atoms with E-state index in [0.29, 0.717) is 6.42 Å². The molecular formula is C13H14N2O. The molecule has 0 saturated carbocycles. The second-order valence-corrected chi connectivity index (χ2v) is 3.79. The Morgan fingerprint density at radius 1 is 1.25 bits per heavy atom. The van der Waals surface area contributed by atoms with Crippen molar-refractivity contribution in [2.45, 2.75) is 19.8 Å². The van der Waals surface area contributed by atoms with Gasteiger partial charge >= 0.3 is 0 Å². The van der Waals surface area contributed by atoms with Crippen LogP contribution in [0.4, 0.5) is 0 Å². The van der Waals surface area contributed by atoms with E-state index in [1.807, 2.05) is 47.3 Å². The zero-order valence-electron chi connectivity index (χ0n) is 9.26. The molecule has 3 heteroatoms. The van der Waals surface area contributed by atoms with Crippen LogP contribution in [0.25, 0.3) is 5.69 Å². The monoisotopic (exact) mass is 214 g/mol. The Labute approximate surface area is 94.7 Å². The molecule has 0 spiro atoms. The minimum absolute atomic E-state index is 0.203. The second-order valence-electron chi connectivity index (χ2n) is 3.79. The predicted octanol–water partition coefficient (Wildman–Crippen LogP) is 2.39. The van der Waals surface area contributed by atoms with Crippen molar-refractivity contribution in [2.24, 2.45) is 0 Å². The Kier molecular flexibility index (Phi) is 3.15. The lowest BCUT2D eigenvalue weighted by Gasteiger charge is -1.99. The molecule has 0 N–H and O–H groups in total. The average Bonchev–Trinajstić information content (AvgIpc) is 2.76. The molecule has 1 aromatic heterocycles. The van der Waals surface area contributed by atoms with Gasteiger partial charge in [-0.25, -0.2) is 4.68 Å². The first-order valence-electron chi connectivity index (χ1n) is 5.35. The highest BCUT2D eigenvalue weighted by Crippen LogP contribution is 2.08. The number of carbonyl (C=O) groups excluding carboxylic acids is 1. The average molecular weight is 214 g/mol. The zero-order valence-corrected chi connectivity index (χ0v) is 9.26. The third kappa shape index (κ3) is 2.57. The molecule has 82 valence electrons. The highest BCUT2D eigenvalue weighted by atomic mass is 16.1. The van der Waals surface area contributed by atoms with Gasteiger partial charge in [-0.2, -0.15) is 5.10 Å². The molecule has 0 aliphatic rings. The highest BCUT2D eigenvalue weighted by Gasteiger charge is 2.02. The first-order chi connectivity index (χ1) is 7.75. The van der Waals surface area contributed by atoms with Gasteiger partial charge in [0.25, 0.3) is 0 Å².